The van der Waals surface area contributed by atoms with E-state index in [1.54, 1.807) is 0 Å². The second kappa shape index (κ2) is 13.6. The predicted octanol–water partition coefficient (Wildman–Crippen LogP) is 14.1. The normalized spacial score (nSPS) is 11.5. The van der Waals surface area contributed by atoms with E-state index in [1.807, 2.05) is 42.5 Å². The van der Waals surface area contributed by atoms with Crippen molar-refractivity contribution in [3.63, 3.8) is 0 Å². The lowest BCUT2D eigenvalue weighted by atomic mass is 9.89. The molecule has 0 amide bonds. The smallest absolute Gasteiger partial charge is 0.160 e. The highest BCUT2D eigenvalue weighted by atomic mass is 16.3. The lowest BCUT2D eigenvalue weighted by Gasteiger charge is -2.16. The van der Waals surface area contributed by atoms with Crippen molar-refractivity contribution in [2.45, 2.75) is 0 Å². The zero-order valence-corrected chi connectivity index (χ0v) is 30.8. The van der Waals surface area contributed by atoms with E-state index in [9.17, 15) is 0 Å². The molecule has 3 aromatic heterocycles. The molecule has 57 heavy (non-hydrogen) atoms. The molecule has 0 N–H and O–H groups in total. The molecule has 0 radical (unpaired) electrons. The summed E-state index contributed by atoms with van der Waals surface area (Å²) in [6.07, 6.45) is 0. The first-order chi connectivity index (χ1) is 28.2. The number of nitrogens with zero attached hydrogens (tertiary/aromatic N) is 3. The Kier molecular flexibility index (Phi) is 7.78. The van der Waals surface area contributed by atoms with Crippen LogP contribution in [0.5, 0.6) is 0 Å². The monoisotopic (exact) mass is 727 g/mol. The van der Waals surface area contributed by atoms with Crippen molar-refractivity contribution in [3.8, 4) is 67.4 Å². The number of pyridine rings is 1. The van der Waals surface area contributed by atoms with Gasteiger partial charge in [0.1, 0.15) is 11.2 Å². The zero-order chi connectivity index (χ0) is 37.7. The van der Waals surface area contributed by atoms with Crippen molar-refractivity contribution < 1.29 is 4.42 Å². The van der Waals surface area contributed by atoms with Gasteiger partial charge >= 0.3 is 0 Å². The van der Waals surface area contributed by atoms with Crippen LogP contribution in [0.25, 0.3) is 111 Å². The van der Waals surface area contributed by atoms with Crippen LogP contribution in [0, 0.1) is 0 Å². The maximum Gasteiger partial charge on any atom is 0.160 e. The van der Waals surface area contributed by atoms with Gasteiger partial charge in [-0.3, -0.25) is 0 Å². The van der Waals surface area contributed by atoms with Crippen LogP contribution in [-0.2, 0) is 0 Å². The summed E-state index contributed by atoms with van der Waals surface area (Å²) in [6.45, 7) is 0. The SMILES string of the molecule is c1ccc(-c2cc(-c3cccc(-c4cccc(-c5nc6ccccc6c6c(-c7ccccc7)c7c(cc56)oc5ccccc57)c4)c3)nc(-c3ccccc3)n2)cc1. The standard InChI is InChI=1S/C53H33N3O/c1-4-16-34(17-5-1)45-33-46(56-53(55-45)36-20-8-3-9-21-36)39-24-14-22-37(30-39)38-23-15-25-40(31-38)52-43-32-48-51(42-27-11-13-29-47(42)57-48)49(35-18-6-2-7-19-35)50(43)41-26-10-12-28-44(41)54-52/h1-33H. The first-order valence-corrected chi connectivity index (χ1v) is 19.2. The highest BCUT2D eigenvalue weighted by molar-refractivity contribution is 6.27. The Bertz CT molecular complexity index is 3220. The third-order valence-electron chi connectivity index (χ3n) is 10.8. The summed E-state index contributed by atoms with van der Waals surface area (Å²) in [5, 5.41) is 5.55. The first-order valence-electron chi connectivity index (χ1n) is 19.2. The van der Waals surface area contributed by atoms with Crippen LogP contribution in [0.3, 0.4) is 0 Å². The Morgan fingerprint density at radius 3 is 1.60 bits per heavy atom. The molecule has 0 spiro atoms. The average Bonchev–Trinajstić information content (AvgIpc) is 3.67. The summed E-state index contributed by atoms with van der Waals surface area (Å²) in [5.74, 6) is 0.696. The number of hydrogen-bond donors (Lipinski definition) is 0. The zero-order valence-electron chi connectivity index (χ0n) is 30.8. The highest BCUT2D eigenvalue weighted by Gasteiger charge is 2.22. The van der Waals surface area contributed by atoms with Gasteiger partial charge in [0.2, 0.25) is 0 Å². The Morgan fingerprint density at radius 2 is 0.860 bits per heavy atom. The fourth-order valence-corrected chi connectivity index (χ4v) is 8.20. The minimum Gasteiger partial charge on any atom is -0.456 e. The van der Waals surface area contributed by atoms with Crippen molar-refractivity contribution in [2.24, 2.45) is 0 Å². The summed E-state index contributed by atoms with van der Waals surface area (Å²) < 4.78 is 6.61. The molecule has 4 nitrogen and oxygen atoms in total. The van der Waals surface area contributed by atoms with Crippen molar-refractivity contribution in [1.29, 1.82) is 0 Å². The van der Waals surface area contributed by atoms with Gasteiger partial charge < -0.3 is 4.42 Å². The van der Waals surface area contributed by atoms with Gasteiger partial charge in [0, 0.05) is 54.7 Å². The number of rotatable bonds is 6. The third kappa shape index (κ3) is 5.74. The largest absolute Gasteiger partial charge is 0.456 e. The van der Waals surface area contributed by atoms with E-state index < -0.39 is 0 Å². The number of furan rings is 1. The van der Waals surface area contributed by atoms with Crippen molar-refractivity contribution in [3.05, 3.63) is 200 Å². The molecule has 0 aliphatic rings. The molecule has 3 heterocycles. The van der Waals surface area contributed by atoms with Crippen LogP contribution < -0.4 is 0 Å². The lowest BCUT2D eigenvalue weighted by molar-refractivity contribution is 0.669. The molecular weight excluding hydrogens is 695 g/mol. The highest BCUT2D eigenvalue weighted by Crippen LogP contribution is 2.46. The summed E-state index contributed by atoms with van der Waals surface area (Å²) >= 11 is 0. The number of hydrogen-bond acceptors (Lipinski definition) is 4. The Balaban J connectivity index is 1.10. The summed E-state index contributed by atoms with van der Waals surface area (Å²) in [7, 11) is 0. The summed E-state index contributed by atoms with van der Waals surface area (Å²) in [4.78, 5) is 15.5. The molecule has 4 heteroatoms. The molecule has 8 aromatic carbocycles. The molecule has 0 bridgehead atoms. The predicted molar refractivity (Wildman–Crippen MR) is 235 cm³/mol. The fourth-order valence-electron chi connectivity index (χ4n) is 8.20. The second-order valence-corrected chi connectivity index (χ2v) is 14.3. The molecule has 0 saturated carbocycles. The van der Waals surface area contributed by atoms with Gasteiger partial charge in [0.25, 0.3) is 0 Å². The number of fused-ring (bicyclic) bond motifs is 6. The molecule has 11 rings (SSSR count). The van der Waals surface area contributed by atoms with Gasteiger partial charge in [-0.1, -0.05) is 164 Å². The van der Waals surface area contributed by atoms with Gasteiger partial charge in [-0.15, -0.1) is 0 Å². The summed E-state index contributed by atoms with van der Waals surface area (Å²) in [5.41, 5.74) is 13.9. The molecule has 0 atom stereocenters. The van der Waals surface area contributed by atoms with Crippen molar-refractivity contribution in [1.82, 2.24) is 15.0 Å². The van der Waals surface area contributed by atoms with Crippen molar-refractivity contribution in [2.75, 3.05) is 0 Å². The first kappa shape index (κ1) is 32.7. The van der Waals surface area contributed by atoms with Crippen LogP contribution in [0.4, 0.5) is 0 Å². The molecule has 11 aromatic rings. The maximum atomic E-state index is 6.61. The average molecular weight is 728 g/mol. The van der Waals surface area contributed by atoms with Gasteiger partial charge in [0.15, 0.2) is 5.82 Å². The molecule has 0 saturated heterocycles. The summed E-state index contributed by atoms with van der Waals surface area (Å²) in [6, 6.07) is 69.6. The van der Waals surface area contributed by atoms with E-state index in [4.69, 9.17) is 19.4 Å². The Labute approximate surface area is 329 Å². The fraction of sp³-hybridized carbons (Fsp3) is 0. The van der Waals surface area contributed by atoms with E-state index in [0.29, 0.717) is 5.82 Å². The lowest BCUT2D eigenvalue weighted by Crippen LogP contribution is -1.96. The molecular formula is C53H33N3O. The minimum atomic E-state index is 0.696. The van der Waals surface area contributed by atoms with Crippen molar-refractivity contribution >= 4 is 43.6 Å². The number of para-hydroxylation sites is 2. The number of benzene rings is 8. The van der Waals surface area contributed by atoms with Gasteiger partial charge in [-0.05, 0) is 53.1 Å². The Hall–Kier alpha value is -7.69. The Morgan fingerprint density at radius 1 is 0.316 bits per heavy atom. The van der Waals surface area contributed by atoms with E-state index in [0.717, 1.165) is 99.8 Å². The van der Waals surface area contributed by atoms with E-state index in [1.165, 1.54) is 5.39 Å². The van der Waals surface area contributed by atoms with E-state index in [2.05, 4.69) is 158 Å². The van der Waals surface area contributed by atoms with Crippen LogP contribution in [0.1, 0.15) is 0 Å². The third-order valence-corrected chi connectivity index (χ3v) is 10.8. The minimum absolute atomic E-state index is 0.696. The number of aromatic nitrogens is 3. The maximum absolute atomic E-state index is 6.61. The molecule has 0 fully saturated rings. The van der Waals surface area contributed by atoms with Crippen LogP contribution in [-0.4, -0.2) is 15.0 Å². The quantitative estimate of drug-likeness (QED) is 0.160. The second-order valence-electron chi connectivity index (χ2n) is 14.3. The van der Waals surface area contributed by atoms with E-state index >= 15 is 0 Å². The van der Waals surface area contributed by atoms with E-state index in [-0.39, 0.29) is 0 Å². The van der Waals surface area contributed by atoms with Crippen LogP contribution in [0.15, 0.2) is 205 Å². The molecule has 0 unspecified atom stereocenters. The van der Waals surface area contributed by atoms with Crippen LogP contribution in [0.2, 0.25) is 0 Å². The van der Waals surface area contributed by atoms with Gasteiger partial charge in [-0.2, -0.15) is 0 Å². The molecule has 0 aliphatic carbocycles. The van der Waals surface area contributed by atoms with Crippen LogP contribution >= 0.6 is 0 Å². The topological polar surface area (TPSA) is 51.8 Å². The molecule has 266 valence electrons. The van der Waals surface area contributed by atoms with Gasteiger partial charge in [0.05, 0.1) is 22.6 Å². The molecule has 0 aliphatic heterocycles. The van der Waals surface area contributed by atoms with Gasteiger partial charge in [-0.25, -0.2) is 15.0 Å².